The maximum atomic E-state index is 8.82. The van der Waals surface area contributed by atoms with Crippen LogP contribution in [0.3, 0.4) is 0 Å². The summed E-state index contributed by atoms with van der Waals surface area (Å²) in [6, 6.07) is 8.09. The Morgan fingerprint density at radius 2 is 2.40 bits per heavy atom. The summed E-state index contributed by atoms with van der Waals surface area (Å²) in [5.74, 6) is 0.460. The minimum atomic E-state index is 0.460. The van der Waals surface area contributed by atoms with Gasteiger partial charge in [0.2, 0.25) is 0 Å². The molecule has 0 fully saturated rings. The third kappa shape index (κ3) is 2.16. The summed E-state index contributed by atoms with van der Waals surface area (Å²) in [6.45, 7) is 3.63. The number of ether oxygens (including phenoxy) is 1. The smallest absolute Gasteiger partial charge is 0.0991 e. The van der Waals surface area contributed by atoms with E-state index in [0.717, 1.165) is 12.2 Å². The maximum absolute atomic E-state index is 8.82. The molecule has 1 aliphatic heterocycles. The normalized spacial score (nSPS) is 21.5. The third-order valence-electron chi connectivity index (χ3n) is 2.78. The number of fused-ring (bicyclic) bond motifs is 1. The van der Waals surface area contributed by atoms with Gasteiger partial charge in [0.25, 0.3) is 0 Å². The van der Waals surface area contributed by atoms with Crippen LogP contribution in [0.25, 0.3) is 0 Å². The molecule has 2 atom stereocenters. The van der Waals surface area contributed by atoms with Gasteiger partial charge in [-0.2, -0.15) is 5.26 Å². The summed E-state index contributed by atoms with van der Waals surface area (Å²) in [6.07, 6.45) is 0. The van der Waals surface area contributed by atoms with Gasteiger partial charge in [0.05, 0.1) is 24.8 Å². The molecular weight excluding hydrogens is 301 g/mol. The average Bonchev–Trinajstić information content (AvgIpc) is 2.27. The minimum Gasteiger partial charge on any atom is -0.376 e. The molecule has 78 valence electrons. The van der Waals surface area contributed by atoms with Crippen molar-refractivity contribution in [3.63, 3.8) is 0 Å². The summed E-state index contributed by atoms with van der Waals surface area (Å²) >= 11 is 2.43. The molecule has 0 bridgehead atoms. The van der Waals surface area contributed by atoms with E-state index in [1.54, 1.807) is 0 Å². The van der Waals surface area contributed by atoms with Crippen molar-refractivity contribution in [2.24, 2.45) is 0 Å². The molecule has 0 aromatic heterocycles. The highest BCUT2D eigenvalue weighted by atomic mass is 127. The van der Waals surface area contributed by atoms with E-state index in [2.05, 4.69) is 41.7 Å². The van der Waals surface area contributed by atoms with Gasteiger partial charge in [0, 0.05) is 9.84 Å². The molecule has 1 aliphatic rings. The molecule has 0 aliphatic carbocycles. The van der Waals surface area contributed by atoms with Crippen LogP contribution in [0.2, 0.25) is 0 Å². The lowest BCUT2D eigenvalue weighted by atomic mass is 9.90. The summed E-state index contributed by atoms with van der Waals surface area (Å²) < 4.78 is 6.11. The number of halogens is 1. The van der Waals surface area contributed by atoms with Crippen LogP contribution in [0.1, 0.15) is 29.5 Å². The molecule has 0 spiro atoms. The van der Waals surface area contributed by atoms with E-state index in [1.807, 2.05) is 12.1 Å². The van der Waals surface area contributed by atoms with Crippen molar-refractivity contribution in [1.82, 2.24) is 0 Å². The molecular formula is C12H12INO. The van der Waals surface area contributed by atoms with E-state index in [1.165, 1.54) is 11.1 Å². The Bertz CT molecular complexity index is 409. The second-order valence-electron chi connectivity index (χ2n) is 3.82. The van der Waals surface area contributed by atoms with Crippen molar-refractivity contribution >= 4 is 22.6 Å². The van der Waals surface area contributed by atoms with Crippen molar-refractivity contribution in [2.75, 3.05) is 6.61 Å². The molecule has 1 unspecified atom stereocenters. The molecule has 0 N–H and O–H groups in total. The quantitative estimate of drug-likeness (QED) is 0.590. The summed E-state index contributed by atoms with van der Waals surface area (Å²) in [5.41, 5.74) is 3.25. The van der Waals surface area contributed by atoms with Gasteiger partial charge in [-0.1, -0.05) is 35.6 Å². The zero-order chi connectivity index (χ0) is 10.8. The van der Waals surface area contributed by atoms with Crippen LogP contribution in [0.5, 0.6) is 0 Å². The van der Waals surface area contributed by atoms with Crippen molar-refractivity contribution < 1.29 is 4.74 Å². The lowest BCUT2D eigenvalue weighted by Crippen LogP contribution is -2.22. The fraction of sp³-hybridized carbons (Fsp3) is 0.417. The van der Waals surface area contributed by atoms with E-state index in [-0.39, 0.29) is 0 Å². The first kappa shape index (κ1) is 10.9. The Morgan fingerprint density at radius 3 is 3.07 bits per heavy atom. The molecule has 0 amide bonds. The van der Waals surface area contributed by atoms with Gasteiger partial charge in [0.15, 0.2) is 0 Å². The molecule has 2 nitrogen and oxygen atoms in total. The fourth-order valence-electron chi connectivity index (χ4n) is 1.93. The summed E-state index contributed by atoms with van der Waals surface area (Å²) in [7, 11) is 0. The zero-order valence-electron chi connectivity index (χ0n) is 8.53. The SMILES string of the molecule is CC(I)[C@@H]1COCc2cc(C#N)ccc21. The Hall–Kier alpha value is -0.600. The van der Waals surface area contributed by atoms with E-state index in [4.69, 9.17) is 10.00 Å². The highest BCUT2D eigenvalue weighted by Crippen LogP contribution is 2.32. The lowest BCUT2D eigenvalue weighted by molar-refractivity contribution is 0.0922. The van der Waals surface area contributed by atoms with Crippen LogP contribution in [0, 0.1) is 11.3 Å². The van der Waals surface area contributed by atoms with Crippen LogP contribution in [-0.2, 0) is 11.3 Å². The van der Waals surface area contributed by atoms with Crippen molar-refractivity contribution in [3.05, 3.63) is 34.9 Å². The number of hydrogen-bond acceptors (Lipinski definition) is 2. The van der Waals surface area contributed by atoms with Crippen LogP contribution in [0.4, 0.5) is 0 Å². The van der Waals surface area contributed by atoms with Crippen LogP contribution < -0.4 is 0 Å². The lowest BCUT2D eigenvalue weighted by Gasteiger charge is -2.27. The van der Waals surface area contributed by atoms with Gasteiger partial charge in [0.1, 0.15) is 0 Å². The Kier molecular flexibility index (Phi) is 3.27. The number of nitriles is 1. The number of alkyl halides is 1. The highest BCUT2D eigenvalue weighted by Gasteiger charge is 2.24. The number of nitrogens with zero attached hydrogens (tertiary/aromatic N) is 1. The predicted octanol–water partition coefficient (Wildman–Crippen LogP) is 3.00. The standard InChI is InChI=1S/C12H12INO/c1-8(13)12-7-15-6-10-4-9(5-14)2-3-11(10)12/h2-4,8,12H,6-7H2,1H3/t8?,12-/m0/s1. The van der Waals surface area contributed by atoms with E-state index in [9.17, 15) is 0 Å². The first-order valence-corrected chi connectivity index (χ1v) is 6.21. The van der Waals surface area contributed by atoms with Crippen LogP contribution in [0.15, 0.2) is 18.2 Å². The first-order valence-electron chi connectivity index (χ1n) is 4.97. The van der Waals surface area contributed by atoms with E-state index >= 15 is 0 Å². The average molecular weight is 313 g/mol. The highest BCUT2D eigenvalue weighted by molar-refractivity contribution is 14.1. The van der Waals surface area contributed by atoms with Gasteiger partial charge in [-0.3, -0.25) is 0 Å². The summed E-state index contributed by atoms with van der Waals surface area (Å²) in [4.78, 5) is 0. The van der Waals surface area contributed by atoms with Crippen molar-refractivity contribution in [2.45, 2.75) is 23.4 Å². The molecule has 1 aromatic carbocycles. The molecule has 1 aromatic rings. The number of hydrogen-bond donors (Lipinski definition) is 0. The molecule has 3 heteroatoms. The van der Waals surface area contributed by atoms with E-state index in [0.29, 0.717) is 16.4 Å². The van der Waals surface area contributed by atoms with Crippen LogP contribution in [-0.4, -0.2) is 10.5 Å². The maximum Gasteiger partial charge on any atom is 0.0991 e. The molecule has 0 saturated heterocycles. The monoisotopic (exact) mass is 313 g/mol. The third-order valence-corrected chi connectivity index (χ3v) is 3.65. The van der Waals surface area contributed by atoms with Gasteiger partial charge in [-0.25, -0.2) is 0 Å². The van der Waals surface area contributed by atoms with Gasteiger partial charge in [-0.05, 0) is 23.3 Å². The number of rotatable bonds is 1. The van der Waals surface area contributed by atoms with Gasteiger partial charge < -0.3 is 4.74 Å². The zero-order valence-corrected chi connectivity index (χ0v) is 10.7. The predicted molar refractivity (Wildman–Crippen MR) is 67.0 cm³/mol. The Balaban J connectivity index is 2.41. The van der Waals surface area contributed by atoms with Crippen LogP contribution >= 0.6 is 22.6 Å². The van der Waals surface area contributed by atoms with Crippen molar-refractivity contribution in [1.29, 1.82) is 5.26 Å². The molecule has 0 saturated carbocycles. The Morgan fingerprint density at radius 1 is 1.60 bits per heavy atom. The molecule has 0 radical (unpaired) electrons. The van der Waals surface area contributed by atoms with E-state index < -0.39 is 0 Å². The minimum absolute atomic E-state index is 0.460. The second kappa shape index (κ2) is 4.50. The van der Waals surface area contributed by atoms with Crippen molar-refractivity contribution in [3.8, 4) is 6.07 Å². The topological polar surface area (TPSA) is 33.0 Å². The number of benzene rings is 1. The summed E-state index contributed by atoms with van der Waals surface area (Å²) in [5, 5.41) is 8.82. The molecule has 1 heterocycles. The molecule has 15 heavy (non-hydrogen) atoms. The van der Waals surface area contributed by atoms with Gasteiger partial charge >= 0.3 is 0 Å². The van der Waals surface area contributed by atoms with Gasteiger partial charge in [-0.15, -0.1) is 0 Å². The first-order chi connectivity index (χ1) is 7.22. The second-order valence-corrected chi connectivity index (χ2v) is 5.79. The molecule has 2 rings (SSSR count). The Labute approximate surface area is 103 Å². The fourth-order valence-corrected chi connectivity index (χ4v) is 2.52. The largest absolute Gasteiger partial charge is 0.376 e.